The summed E-state index contributed by atoms with van der Waals surface area (Å²) in [5.74, 6) is 0. The summed E-state index contributed by atoms with van der Waals surface area (Å²) in [4.78, 5) is 0. The Morgan fingerprint density at radius 3 is 2.55 bits per heavy atom. The molecule has 2 aromatic carbocycles. The number of ether oxygens (including phenoxy) is 1. The van der Waals surface area contributed by atoms with E-state index in [9.17, 15) is 0 Å². The Labute approximate surface area is 128 Å². The topological polar surface area (TPSA) is 47.3 Å². The average Bonchev–Trinajstić information content (AvgIpc) is 2.48. The van der Waals surface area contributed by atoms with E-state index in [1.165, 1.54) is 5.56 Å². The standard InChI is InChI=1S/C16H19BrN2O/c1-20-11-12-6-2-3-7-13(12)16(10-18)19-15-9-5-4-8-14(15)17/h2-9,16,19H,10-11,18H2,1H3. The zero-order valence-electron chi connectivity index (χ0n) is 11.5. The molecule has 3 nitrogen and oxygen atoms in total. The molecule has 0 saturated heterocycles. The molecule has 1 unspecified atom stereocenters. The van der Waals surface area contributed by atoms with Crippen LogP contribution < -0.4 is 11.1 Å². The van der Waals surface area contributed by atoms with E-state index in [1.54, 1.807) is 7.11 Å². The van der Waals surface area contributed by atoms with Crippen LogP contribution in [0.25, 0.3) is 0 Å². The molecule has 0 aliphatic carbocycles. The fraction of sp³-hybridized carbons (Fsp3) is 0.250. The molecule has 0 radical (unpaired) electrons. The maximum Gasteiger partial charge on any atom is 0.0716 e. The molecule has 2 rings (SSSR count). The Balaban J connectivity index is 2.27. The van der Waals surface area contributed by atoms with Crippen LogP contribution in [0.4, 0.5) is 5.69 Å². The predicted molar refractivity (Wildman–Crippen MR) is 86.7 cm³/mol. The van der Waals surface area contributed by atoms with Crippen LogP contribution in [0, 0.1) is 0 Å². The highest BCUT2D eigenvalue weighted by Crippen LogP contribution is 2.27. The van der Waals surface area contributed by atoms with Gasteiger partial charge >= 0.3 is 0 Å². The van der Waals surface area contributed by atoms with Crippen molar-refractivity contribution in [2.75, 3.05) is 19.0 Å². The summed E-state index contributed by atoms with van der Waals surface area (Å²) < 4.78 is 6.29. The molecule has 0 aliphatic rings. The summed E-state index contributed by atoms with van der Waals surface area (Å²) >= 11 is 3.55. The molecule has 0 bridgehead atoms. The molecule has 0 spiro atoms. The molecular weight excluding hydrogens is 316 g/mol. The Morgan fingerprint density at radius 1 is 1.15 bits per heavy atom. The minimum absolute atomic E-state index is 0.0556. The third-order valence-corrected chi connectivity index (χ3v) is 3.86. The average molecular weight is 335 g/mol. The van der Waals surface area contributed by atoms with Gasteiger partial charge in [0.25, 0.3) is 0 Å². The molecule has 2 aromatic rings. The molecule has 4 heteroatoms. The SMILES string of the molecule is COCc1ccccc1C(CN)Nc1ccccc1Br. The van der Waals surface area contributed by atoms with E-state index >= 15 is 0 Å². The van der Waals surface area contributed by atoms with Gasteiger partial charge in [0.15, 0.2) is 0 Å². The van der Waals surface area contributed by atoms with Gasteiger partial charge in [-0.05, 0) is 39.2 Å². The van der Waals surface area contributed by atoms with Crippen LogP contribution in [0.15, 0.2) is 53.0 Å². The number of para-hydroxylation sites is 1. The third-order valence-electron chi connectivity index (χ3n) is 3.17. The maximum atomic E-state index is 5.95. The molecule has 0 aromatic heterocycles. The quantitative estimate of drug-likeness (QED) is 0.846. The van der Waals surface area contributed by atoms with E-state index < -0.39 is 0 Å². The lowest BCUT2D eigenvalue weighted by molar-refractivity contribution is 0.184. The Bertz CT molecular complexity index is 560. The van der Waals surface area contributed by atoms with Crippen molar-refractivity contribution < 1.29 is 4.74 Å². The van der Waals surface area contributed by atoms with Gasteiger partial charge in [-0.25, -0.2) is 0 Å². The first-order valence-corrected chi connectivity index (χ1v) is 7.33. The van der Waals surface area contributed by atoms with Crippen molar-refractivity contribution in [2.24, 2.45) is 5.73 Å². The van der Waals surface area contributed by atoms with Gasteiger partial charge < -0.3 is 15.8 Å². The summed E-state index contributed by atoms with van der Waals surface area (Å²) in [5, 5.41) is 3.48. The number of hydrogen-bond donors (Lipinski definition) is 2. The van der Waals surface area contributed by atoms with Gasteiger partial charge in [0, 0.05) is 23.8 Å². The highest BCUT2D eigenvalue weighted by Gasteiger charge is 2.14. The van der Waals surface area contributed by atoms with Crippen molar-refractivity contribution in [3.05, 3.63) is 64.1 Å². The minimum Gasteiger partial charge on any atom is -0.380 e. The van der Waals surface area contributed by atoms with Gasteiger partial charge in [-0.1, -0.05) is 36.4 Å². The van der Waals surface area contributed by atoms with Crippen LogP contribution in [0.3, 0.4) is 0 Å². The van der Waals surface area contributed by atoms with Crippen molar-refractivity contribution >= 4 is 21.6 Å². The second-order valence-electron chi connectivity index (χ2n) is 4.54. The van der Waals surface area contributed by atoms with E-state index in [4.69, 9.17) is 10.5 Å². The summed E-state index contributed by atoms with van der Waals surface area (Å²) in [6.45, 7) is 1.10. The van der Waals surface area contributed by atoms with E-state index in [-0.39, 0.29) is 6.04 Å². The van der Waals surface area contributed by atoms with Gasteiger partial charge in [-0.15, -0.1) is 0 Å². The number of anilines is 1. The molecule has 3 N–H and O–H groups in total. The van der Waals surface area contributed by atoms with Crippen molar-refractivity contribution in [3.8, 4) is 0 Å². The molecule has 20 heavy (non-hydrogen) atoms. The van der Waals surface area contributed by atoms with Crippen LogP contribution in [0.2, 0.25) is 0 Å². The highest BCUT2D eigenvalue weighted by atomic mass is 79.9. The number of hydrogen-bond acceptors (Lipinski definition) is 3. The molecule has 1 atom stereocenters. The van der Waals surface area contributed by atoms with Crippen LogP contribution in [0.5, 0.6) is 0 Å². The first kappa shape index (κ1) is 15.0. The number of methoxy groups -OCH3 is 1. The largest absolute Gasteiger partial charge is 0.380 e. The van der Waals surface area contributed by atoms with Crippen molar-refractivity contribution in [3.63, 3.8) is 0 Å². The van der Waals surface area contributed by atoms with Crippen molar-refractivity contribution in [1.82, 2.24) is 0 Å². The van der Waals surface area contributed by atoms with Gasteiger partial charge in [0.2, 0.25) is 0 Å². The summed E-state index contributed by atoms with van der Waals surface area (Å²) in [6, 6.07) is 16.3. The zero-order chi connectivity index (χ0) is 14.4. The highest BCUT2D eigenvalue weighted by molar-refractivity contribution is 9.10. The normalized spacial score (nSPS) is 12.2. The number of nitrogens with one attached hydrogen (secondary N) is 1. The fourth-order valence-electron chi connectivity index (χ4n) is 2.19. The number of nitrogens with two attached hydrogens (primary N) is 1. The predicted octanol–water partition coefficient (Wildman–Crippen LogP) is 3.71. The number of benzene rings is 2. The summed E-state index contributed by atoms with van der Waals surface area (Å²) in [5.41, 5.74) is 9.32. The maximum absolute atomic E-state index is 5.95. The van der Waals surface area contributed by atoms with Crippen LogP contribution in [0.1, 0.15) is 17.2 Å². The Morgan fingerprint density at radius 2 is 1.85 bits per heavy atom. The van der Waals surface area contributed by atoms with E-state index in [2.05, 4.69) is 33.4 Å². The van der Waals surface area contributed by atoms with E-state index in [1.807, 2.05) is 36.4 Å². The third kappa shape index (κ3) is 3.60. The second kappa shape index (κ2) is 7.43. The van der Waals surface area contributed by atoms with E-state index in [0.717, 1.165) is 15.7 Å². The molecule has 0 saturated carbocycles. The molecule has 106 valence electrons. The Kier molecular flexibility index (Phi) is 5.59. The van der Waals surface area contributed by atoms with Gasteiger partial charge in [0.05, 0.1) is 12.6 Å². The fourth-order valence-corrected chi connectivity index (χ4v) is 2.59. The first-order valence-electron chi connectivity index (χ1n) is 6.54. The molecule has 0 amide bonds. The summed E-state index contributed by atoms with van der Waals surface area (Å²) in [6.07, 6.45) is 0. The van der Waals surface area contributed by atoms with Gasteiger partial charge in [-0.2, -0.15) is 0 Å². The first-order chi connectivity index (χ1) is 9.76. The van der Waals surface area contributed by atoms with Gasteiger partial charge in [-0.3, -0.25) is 0 Å². The molecule has 0 aliphatic heterocycles. The number of rotatable bonds is 6. The smallest absolute Gasteiger partial charge is 0.0716 e. The van der Waals surface area contributed by atoms with Crippen molar-refractivity contribution in [2.45, 2.75) is 12.6 Å². The minimum atomic E-state index is 0.0556. The van der Waals surface area contributed by atoms with Crippen LogP contribution in [-0.2, 0) is 11.3 Å². The lowest BCUT2D eigenvalue weighted by Gasteiger charge is -2.22. The van der Waals surface area contributed by atoms with Crippen LogP contribution in [-0.4, -0.2) is 13.7 Å². The molecular formula is C16H19BrN2O. The van der Waals surface area contributed by atoms with Crippen LogP contribution >= 0.6 is 15.9 Å². The molecule has 0 heterocycles. The lowest BCUT2D eigenvalue weighted by atomic mass is 10.0. The Hall–Kier alpha value is -1.36. The van der Waals surface area contributed by atoms with E-state index in [0.29, 0.717) is 13.2 Å². The monoisotopic (exact) mass is 334 g/mol. The lowest BCUT2D eigenvalue weighted by Crippen LogP contribution is -2.22. The van der Waals surface area contributed by atoms with Gasteiger partial charge in [0.1, 0.15) is 0 Å². The molecule has 0 fully saturated rings. The summed E-state index contributed by atoms with van der Waals surface area (Å²) in [7, 11) is 1.70. The zero-order valence-corrected chi connectivity index (χ0v) is 13.1. The number of halogens is 1. The van der Waals surface area contributed by atoms with Crippen molar-refractivity contribution in [1.29, 1.82) is 0 Å². The second-order valence-corrected chi connectivity index (χ2v) is 5.40.